The quantitative estimate of drug-likeness (QED) is 0.838. The van der Waals surface area contributed by atoms with Crippen LogP contribution in [0.2, 0.25) is 0 Å². The standard InChI is InChI=1S/C10H16N2O3S/c1-7-5-16(13,14)6-10(7)11-3-9-4-15-12-8(9)2/h4,7,10-11H,3,5-6H2,1-2H3/t7-,10+/m0/s1. The van der Waals surface area contributed by atoms with Crippen LogP contribution in [-0.4, -0.2) is 31.1 Å². The molecule has 0 bridgehead atoms. The Kier molecular flexibility index (Phi) is 3.03. The molecule has 2 heterocycles. The first-order valence-corrected chi connectivity index (χ1v) is 7.14. The van der Waals surface area contributed by atoms with Crippen molar-refractivity contribution < 1.29 is 12.9 Å². The van der Waals surface area contributed by atoms with Gasteiger partial charge in [-0.25, -0.2) is 8.42 Å². The van der Waals surface area contributed by atoms with Gasteiger partial charge in [0.25, 0.3) is 0 Å². The lowest BCUT2D eigenvalue weighted by Crippen LogP contribution is -2.34. The Balaban J connectivity index is 1.95. The first-order valence-electron chi connectivity index (χ1n) is 5.31. The van der Waals surface area contributed by atoms with Gasteiger partial charge in [0.1, 0.15) is 6.26 Å². The summed E-state index contributed by atoms with van der Waals surface area (Å²) in [6.45, 7) is 4.44. The van der Waals surface area contributed by atoms with Gasteiger partial charge in [-0.1, -0.05) is 12.1 Å². The van der Waals surface area contributed by atoms with E-state index in [0.717, 1.165) is 11.3 Å². The Morgan fingerprint density at radius 1 is 1.56 bits per heavy atom. The van der Waals surface area contributed by atoms with E-state index in [0.29, 0.717) is 6.54 Å². The zero-order valence-corrected chi connectivity index (χ0v) is 10.3. The number of aromatic nitrogens is 1. The number of sulfone groups is 1. The van der Waals surface area contributed by atoms with Crippen LogP contribution in [0.1, 0.15) is 18.2 Å². The summed E-state index contributed by atoms with van der Waals surface area (Å²) in [4.78, 5) is 0. The van der Waals surface area contributed by atoms with Crippen molar-refractivity contribution in [1.29, 1.82) is 0 Å². The summed E-state index contributed by atoms with van der Waals surface area (Å²) in [5, 5.41) is 7.03. The van der Waals surface area contributed by atoms with E-state index in [-0.39, 0.29) is 23.5 Å². The van der Waals surface area contributed by atoms with Crippen molar-refractivity contribution in [2.45, 2.75) is 26.4 Å². The monoisotopic (exact) mass is 244 g/mol. The summed E-state index contributed by atoms with van der Waals surface area (Å²) in [6.07, 6.45) is 1.59. The molecule has 0 aromatic carbocycles. The van der Waals surface area contributed by atoms with Crippen molar-refractivity contribution >= 4 is 9.84 Å². The fraction of sp³-hybridized carbons (Fsp3) is 0.700. The van der Waals surface area contributed by atoms with Gasteiger partial charge in [0.2, 0.25) is 0 Å². The molecule has 5 nitrogen and oxygen atoms in total. The number of rotatable bonds is 3. The van der Waals surface area contributed by atoms with Crippen molar-refractivity contribution in [3.63, 3.8) is 0 Å². The lowest BCUT2D eigenvalue weighted by atomic mass is 10.1. The van der Waals surface area contributed by atoms with Gasteiger partial charge in [0, 0.05) is 18.2 Å². The minimum absolute atomic E-state index is 0.0410. The largest absolute Gasteiger partial charge is 0.364 e. The van der Waals surface area contributed by atoms with Gasteiger partial charge >= 0.3 is 0 Å². The zero-order chi connectivity index (χ0) is 11.8. The van der Waals surface area contributed by atoms with Crippen molar-refractivity contribution in [2.24, 2.45) is 5.92 Å². The molecule has 1 aliphatic rings. The van der Waals surface area contributed by atoms with Gasteiger partial charge in [-0.05, 0) is 12.8 Å². The molecule has 0 spiro atoms. The summed E-state index contributed by atoms with van der Waals surface area (Å²) in [5.41, 5.74) is 1.83. The van der Waals surface area contributed by atoms with Crippen LogP contribution in [0.5, 0.6) is 0 Å². The molecule has 0 amide bonds. The van der Waals surface area contributed by atoms with Gasteiger partial charge in [0.15, 0.2) is 9.84 Å². The average molecular weight is 244 g/mol. The van der Waals surface area contributed by atoms with Crippen LogP contribution in [0.4, 0.5) is 0 Å². The lowest BCUT2D eigenvalue weighted by Gasteiger charge is -2.14. The highest BCUT2D eigenvalue weighted by molar-refractivity contribution is 7.91. The molecular formula is C10H16N2O3S. The van der Waals surface area contributed by atoms with Crippen molar-refractivity contribution in [3.05, 3.63) is 17.5 Å². The number of nitrogens with zero attached hydrogens (tertiary/aromatic N) is 1. The summed E-state index contributed by atoms with van der Waals surface area (Å²) >= 11 is 0. The third-order valence-corrected chi connectivity index (χ3v) is 4.94. The molecule has 0 unspecified atom stereocenters. The molecule has 0 radical (unpaired) electrons. The predicted molar refractivity (Wildman–Crippen MR) is 59.7 cm³/mol. The molecule has 6 heteroatoms. The zero-order valence-electron chi connectivity index (χ0n) is 9.43. The predicted octanol–water partition coefficient (Wildman–Crippen LogP) is 0.506. The van der Waals surface area contributed by atoms with Gasteiger partial charge in [-0.3, -0.25) is 0 Å². The second-order valence-corrected chi connectivity index (χ2v) is 6.62. The number of hydrogen-bond donors (Lipinski definition) is 1. The molecular weight excluding hydrogens is 228 g/mol. The van der Waals surface area contributed by atoms with Gasteiger partial charge < -0.3 is 9.84 Å². The molecule has 90 valence electrons. The van der Waals surface area contributed by atoms with Crippen LogP contribution in [0, 0.1) is 12.8 Å². The van der Waals surface area contributed by atoms with E-state index in [2.05, 4.69) is 10.5 Å². The molecule has 1 N–H and O–H groups in total. The summed E-state index contributed by atoms with van der Waals surface area (Å²) < 4.78 is 27.6. The minimum atomic E-state index is -2.85. The maximum Gasteiger partial charge on any atom is 0.152 e. The first-order chi connectivity index (χ1) is 7.48. The second kappa shape index (κ2) is 4.18. The highest BCUT2D eigenvalue weighted by Crippen LogP contribution is 2.19. The second-order valence-electron chi connectivity index (χ2n) is 4.47. The number of nitrogens with one attached hydrogen (secondary N) is 1. The SMILES string of the molecule is Cc1nocc1CN[C@@H]1CS(=O)(=O)C[C@@H]1C. The van der Waals surface area contributed by atoms with Crippen molar-refractivity contribution in [3.8, 4) is 0 Å². The summed E-state index contributed by atoms with van der Waals surface area (Å²) in [5.74, 6) is 0.691. The number of aryl methyl sites for hydroxylation is 1. The van der Waals surface area contributed by atoms with Crippen LogP contribution in [0.15, 0.2) is 10.8 Å². The van der Waals surface area contributed by atoms with Crippen LogP contribution < -0.4 is 5.32 Å². The Hall–Kier alpha value is -0.880. The van der Waals surface area contributed by atoms with Crippen molar-refractivity contribution in [1.82, 2.24) is 10.5 Å². The Bertz CT molecular complexity index is 466. The third-order valence-electron chi connectivity index (χ3n) is 3.04. The molecule has 1 aromatic rings. The van der Waals surface area contributed by atoms with Crippen LogP contribution >= 0.6 is 0 Å². The third kappa shape index (κ3) is 2.44. The highest BCUT2D eigenvalue weighted by atomic mass is 32.2. The maximum absolute atomic E-state index is 11.4. The van der Waals surface area contributed by atoms with Crippen LogP contribution in [0.25, 0.3) is 0 Å². The molecule has 2 rings (SSSR count). The van der Waals surface area contributed by atoms with Crippen LogP contribution in [0.3, 0.4) is 0 Å². The van der Waals surface area contributed by atoms with E-state index >= 15 is 0 Å². The van der Waals surface area contributed by atoms with E-state index in [4.69, 9.17) is 4.52 Å². The number of hydrogen-bond acceptors (Lipinski definition) is 5. The minimum Gasteiger partial charge on any atom is -0.364 e. The smallest absolute Gasteiger partial charge is 0.152 e. The van der Waals surface area contributed by atoms with Crippen LogP contribution in [-0.2, 0) is 16.4 Å². The van der Waals surface area contributed by atoms with Gasteiger partial charge in [-0.15, -0.1) is 0 Å². The normalized spacial score (nSPS) is 28.4. The van der Waals surface area contributed by atoms with Gasteiger partial charge in [-0.2, -0.15) is 0 Å². The molecule has 1 aliphatic heterocycles. The molecule has 1 aromatic heterocycles. The Morgan fingerprint density at radius 3 is 2.81 bits per heavy atom. The van der Waals surface area contributed by atoms with E-state index in [1.165, 1.54) is 0 Å². The van der Waals surface area contributed by atoms with E-state index < -0.39 is 9.84 Å². The molecule has 1 fully saturated rings. The van der Waals surface area contributed by atoms with E-state index in [1.54, 1.807) is 6.26 Å². The van der Waals surface area contributed by atoms with E-state index in [1.807, 2.05) is 13.8 Å². The van der Waals surface area contributed by atoms with E-state index in [9.17, 15) is 8.42 Å². The topological polar surface area (TPSA) is 72.2 Å². The summed E-state index contributed by atoms with van der Waals surface area (Å²) in [6, 6.07) is 0.0410. The highest BCUT2D eigenvalue weighted by Gasteiger charge is 2.34. The average Bonchev–Trinajstić information content (AvgIpc) is 2.67. The first kappa shape index (κ1) is 11.6. The Labute approximate surface area is 95.1 Å². The summed E-state index contributed by atoms with van der Waals surface area (Å²) in [7, 11) is -2.85. The maximum atomic E-state index is 11.4. The van der Waals surface area contributed by atoms with Crippen molar-refractivity contribution in [2.75, 3.05) is 11.5 Å². The molecule has 1 saturated heterocycles. The molecule has 0 saturated carbocycles. The molecule has 2 atom stereocenters. The fourth-order valence-electron chi connectivity index (χ4n) is 2.01. The fourth-order valence-corrected chi connectivity index (χ4v) is 4.17. The molecule has 0 aliphatic carbocycles. The van der Waals surface area contributed by atoms with Gasteiger partial charge in [0.05, 0.1) is 17.2 Å². The molecule has 16 heavy (non-hydrogen) atoms. The Morgan fingerprint density at radius 2 is 2.31 bits per heavy atom. The lowest BCUT2D eigenvalue weighted by molar-refractivity contribution is 0.412.